The minimum atomic E-state index is 0.559. The molecule has 266 valence electrons. The van der Waals surface area contributed by atoms with Gasteiger partial charge in [-0.25, -0.2) is 4.98 Å². The molecule has 0 spiro atoms. The Morgan fingerprint density at radius 1 is 0.316 bits per heavy atom. The van der Waals surface area contributed by atoms with Crippen LogP contribution < -0.4 is 0 Å². The van der Waals surface area contributed by atoms with Crippen LogP contribution in [-0.2, 0) is 0 Å². The lowest BCUT2D eigenvalue weighted by atomic mass is 10.0. The third kappa shape index (κ3) is 4.68. The van der Waals surface area contributed by atoms with Crippen molar-refractivity contribution in [2.75, 3.05) is 0 Å². The molecule has 0 saturated heterocycles. The van der Waals surface area contributed by atoms with Crippen LogP contribution in [0.2, 0.25) is 0 Å². The van der Waals surface area contributed by atoms with Crippen LogP contribution in [-0.4, -0.2) is 28.7 Å². The number of para-hydroxylation sites is 5. The van der Waals surface area contributed by atoms with Gasteiger partial charge in [-0.1, -0.05) is 152 Å². The molecule has 8 aromatic carbocycles. The lowest BCUT2D eigenvalue weighted by molar-refractivity contribution is 0.953. The van der Waals surface area contributed by atoms with E-state index >= 15 is 0 Å². The highest BCUT2D eigenvalue weighted by atomic mass is 15.2. The predicted molar refractivity (Wildman–Crippen MR) is 234 cm³/mol. The molecule has 12 rings (SSSR count). The molecule has 0 N–H and O–H groups in total. The van der Waals surface area contributed by atoms with Gasteiger partial charge in [0.05, 0.1) is 38.8 Å². The number of hydrogen-bond acceptors (Lipinski definition) is 3. The van der Waals surface area contributed by atoms with Crippen molar-refractivity contribution in [3.8, 4) is 40.1 Å². The fourth-order valence-corrected chi connectivity index (χ4v) is 8.90. The van der Waals surface area contributed by atoms with Crippen molar-refractivity contribution in [2.24, 2.45) is 0 Å². The minimum absolute atomic E-state index is 0.559. The molecule has 0 aliphatic rings. The van der Waals surface area contributed by atoms with Crippen LogP contribution in [0.3, 0.4) is 0 Å². The van der Waals surface area contributed by atoms with Crippen LogP contribution >= 0.6 is 0 Å². The van der Waals surface area contributed by atoms with Crippen LogP contribution in [0.4, 0.5) is 0 Å². The van der Waals surface area contributed by atoms with Gasteiger partial charge < -0.3 is 9.13 Å². The zero-order valence-electron chi connectivity index (χ0n) is 30.7. The standard InChI is InChI=1S/C51H32N6/c1-4-18-33(19-5-1)49-52-50(34-20-6-2-7-21-34)54-51(53-49)57-43-31-17-13-27-39(43)47-45(57)32-44(56-40-28-14-10-24-36(40)37-25-11-15-29-41(37)56)46-38-26-12-16-30-42(38)55(48(46)47)35-22-8-3-9-23-35/h1-32H. The highest BCUT2D eigenvalue weighted by Crippen LogP contribution is 2.46. The fraction of sp³-hybridized carbons (Fsp3) is 0. The average Bonchev–Trinajstić information content (AvgIpc) is 3.93. The number of hydrogen-bond donors (Lipinski definition) is 0. The fourth-order valence-electron chi connectivity index (χ4n) is 8.90. The highest BCUT2D eigenvalue weighted by molar-refractivity contribution is 6.29. The first kappa shape index (κ1) is 31.5. The van der Waals surface area contributed by atoms with E-state index in [4.69, 9.17) is 15.0 Å². The van der Waals surface area contributed by atoms with Crippen LogP contribution in [0.25, 0.3) is 106 Å². The Labute approximate surface area is 327 Å². The van der Waals surface area contributed by atoms with E-state index in [0.29, 0.717) is 17.6 Å². The van der Waals surface area contributed by atoms with E-state index < -0.39 is 0 Å². The van der Waals surface area contributed by atoms with Crippen molar-refractivity contribution in [3.05, 3.63) is 194 Å². The molecular weight excluding hydrogens is 697 g/mol. The van der Waals surface area contributed by atoms with Gasteiger partial charge in [0.25, 0.3) is 0 Å². The summed E-state index contributed by atoms with van der Waals surface area (Å²) >= 11 is 0. The van der Waals surface area contributed by atoms with Gasteiger partial charge in [0.15, 0.2) is 11.6 Å². The molecule has 0 atom stereocenters. The van der Waals surface area contributed by atoms with E-state index in [-0.39, 0.29) is 0 Å². The number of nitrogens with zero attached hydrogens (tertiary/aromatic N) is 6. The first-order chi connectivity index (χ1) is 28.3. The minimum Gasteiger partial charge on any atom is -0.308 e. The molecule has 0 saturated carbocycles. The Morgan fingerprint density at radius 2 is 0.737 bits per heavy atom. The number of aromatic nitrogens is 6. The second-order valence-electron chi connectivity index (χ2n) is 14.4. The summed E-state index contributed by atoms with van der Waals surface area (Å²) in [5, 5.41) is 7.05. The molecule has 6 nitrogen and oxygen atoms in total. The van der Waals surface area contributed by atoms with E-state index in [1.165, 1.54) is 21.5 Å². The summed E-state index contributed by atoms with van der Waals surface area (Å²) in [6, 6.07) is 68.4. The van der Waals surface area contributed by atoms with Gasteiger partial charge in [-0.15, -0.1) is 0 Å². The first-order valence-electron chi connectivity index (χ1n) is 19.2. The Bertz CT molecular complexity index is 3390. The summed E-state index contributed by atoms with van der Waals surface area (Å²) in [6.45, 7) is 0. The maximum atomic E-state index is 5.29. The number of rotatable bonds is 5. The van der Waals surface area contributed by atoms with E-state index in [0.717, 1.165) is 66.4 Å². The van der Waals surface area contributed by atoms with Gasteiger partial charge in [0.2, 0.25) is 5.95 Å². The van der Waals surface area contributed by atoms with Crippen molar-refractivity contribution in [1.29, 1.82) is 0 Å². The lowest BCUT2D eigenvalue weighted by Gasteiger charge is -2.15. The summed E-state index contributed by atoms with van der Waals surface area (Å²) in [6.07, 6.45) is 0. The second kappa shape index (κ2) is 12.3. The Kier molecular flexibility index (Phi) is 6.83. The van der Waals surface area contributed by atoms with E-state index in [2.05, 4.69) is 171 Å². The lowest BCUT2D eigenvalue weighted by Crippen LogP contribution is -2.07. The van der Waals surface area contributed by atoms with E-state index in [9.17, 15) is 0 Å². The molecule has 6 heteroatoms. The third-order valence-corrected chi connectivity index (χ3v) is 11.3. The largest absolute Gasteiger partial charge is 0.308 e. The van der Waals surface area contributed by atoms with Crippen molar-refractivity contribution in [3.63, 3.8) is 0 Å². The highest BCUT2D eigenvalue weighted by Gasteiger charge is 2.27. The predicted octanol–water partition coefficient (Wildman–Crippen LogP) is 12.5. The van der Waals surface area contributed by atoms with Crippen LogP contribution in [0.5, 0.6) is 0 Å². The van der Waals surface area contributed by atoms with Crippen molar-refractivity contribution < 1.29 is 0 Å². The van der Waals surface area contributed by atoms with Crippen molar-refractivity contribution >= 4 is 65.4 Å². The molecule has 0 bridgehead atoms. The van der Waals surface area contributed by atoms with Gasteiger partial charge in [-0.2, -0.15) is 9.97 Å². The second-order valence-corrected chi connectivity index (χ2v) is 14.4. The van der Waals surface area contributed by atoms with Gasteiger partial charge in [-0.05, 0) is 42.5 Å². The van der Waals surface area contributed by atoms with Crippen molar-refractivity contribution in [2.45, 2.75) is 0 Å². The van der Waals surface area contributed by atoms with Gasteiger partial charge in [0.1, 0.15) is 0 Å². The summed E-state index contributed by atoms with van der Waals surface area (Å²) in [4.78, 5) is 15.6. The molecular formula is C51H32N6. The topological polar surface area (TPSA) is 53.5 Å². The zero-order valence-corrected chi connectivity index (χ0v) is 30.7. The maximum absolute atomic E-state index is 5.29. The molecule has 4 heterocycles. The van der Waals surface area contributed by atoms with E-state index in [1.54, 1.807) is 0 Å². The van der Waals surface area contributed by atoms with Gasteiger partial charge >= 0.3 is 0 Å². The SMILES string of the molecule is c1ccc(-c2nc(-c3ccccc3)nc(-n3c4ccccc4c4c3cc(-n3c5ccccc5c5ccccc53)c3c5ccccc5n(-c5ccccc5)c34)n2)cc1. The average molecular weight is 729 g/mol. The molecule has 12 aromatic rings. The van der Waals surface area contributed by atoms with E-state index in [1.807, 2.05) is 36.4 Å². The molecule has 0 fully saturated rings. The van der Waals surface area contributed by atoms with Crippen LogP contribution in [0.15, 0.2) is 194 Å². The van der Waals surface area contributed by atoms with Crippen LogP contribution in [0, 0.1) is 0 Å². The molecule has 4 aromatic heterocycles. The third-order valence-electron chi connectivity index (χ3n) is 11.3. The maximum Gasteiger partial charge on any atom is 0.238 e. The number of fused-ring (bicyclic) bond motifs is 10. The molecule has 0 aliphatic heterocycles. The normalized spacial score (nSPS) is 11.9. The first-order valence-corrected chi connectivity index (χ1v) is 19.2. The zero-order chi connectivity index (χ0) is 37.5. The summed E-state index contributed by atoms with van der Waals surface area (Å²) < 4.78 is 7.14. The van der Waals surface area contributed by atoms with Gasteiger partial charge in [0, 0.05) is 49.1 Å². The van der Waals surface area contributed by atoms with Crippen LogP contribution in [0.1, 0.15) is 0 Å². The Morgan fingerprint density at radius 3 is 1.28 bits per heavy atom. The van der Waals surface area contributed by atoms with Crippen molar-refractivity contribution in [1.82, 2.24) is 28.7 Å². The monoisotopic (exact) mass is 728 g/mol. The summed E-state index contributed by atoms with van der Waals surface area (Å²) in [5.74, 6) is 1.80. The number of benzene rings is 8. The summed E-state index contributed by atoms with van der Waals surface area (Å²) in [5.41, 5.74) is 10.6. The molecule has 0 amide bonds. The van der Waals surface area contributed by atoms with Gasteiger partial charge in [-0.3, -0.25) is 4.57 Å². The molecule has 0 radical (unpaired) electrons. The molecule has 57 heavy (non-hydrogen) atoms. The molecule has 0 aliphatic carbocycles. The Hall–Kier alpha value is -7.83. The summed E-state index contributed by atoms with van der Waals surface area (Å²) in [7, 11) is 0. The molecule has 0 unspecified atom stereocenters. The quantitative estimate of drug-likeness (QED) is 0.177. The Balaban J connectivity index is 1.32. The smallest absolute Gasteiger partial charge is 0.238 e.